The molecule has 0 aromatic heterocycles. The molecule has 0 radical (unpaired) electrons. The zero-order valence-electron chi connectivity index (χ0n) is 13.5. The van der Waals surface area contributed by atoms with Crippen molar-refractivity contribution in [3.05, 3.63) is 78.1 Å². The van der Waals surface area contributed by atoms with Crippen LogP contribution < -0.4 is 4.74 Å². The van der Waals surface area contributed by atoms with E-state index in [1.54, 1.807) is 0 Å². The van der Waals surface area contributed by atoms with Crippen LogP contribution in [0, 0.1) is 17.5 Å². The van der Waals surface area contributed by atoms with E-state index in [0.717, 1.165) is 24.5 Å². The van der Waals surface area contributed by atoms with Crippen LogP contribution in [-0.4, -0.2) is 14.7 Å². The largest absolute Gasteiger partial charge is 0.454 e. The lowest BCUT2D eigenvalue weighted by Gasteiger charge is -2.12. The second-order valence-corrected chi connectivity index (χ2v) is 7.63. The molecule has 0 aliphatic carbocycles. The highest BCUT2D eigenvalue weighted by Gasteiger charge is 2.13. The molecule has 0 saturated heterocycles. The first kappa shape index (κ1) is 18.0. The Kier molecular flexibility index (Phi) is 4.73. The summed E-state index contributed by atoms with van der Waals surface area (Å²) in [6.07, 6.45) is 1.08. The molecular weight excluding hydrogens is 365 g/mol. The van der Waals surface area contributed by atoms with Crippen molar-refractivity contribution in [2.24, 2.45) is 0 Å². The molecule has 26 heavy (non-hydrogen) atoms. The Labute approximate surface area is 148 Å². The lowest BCUT2D eigenvalue weighted by atomic mass is 10.0. The predicted molar refractivity (Wildman–Crippen MR) is 91.4 cm³/mol. The van der Waals surface area contributed by atoms with Crippen molar-refractivity contribution < 1.29 is 26.3 Å². The third-order valence-corrected chi connectivity index (χ3v) is 4.78. The van der Waals surface area contributed by atoms with Gasteiger partial charge < -0.3 is 4.74 Å². The molecule has 0 atom stereocenters. The summed E-state index contributed by atoms with van der Waals surface area (Å²) >= 11 is 0. The number of benzene rings is 3. The molecule has 0 aliphatic rings. The Balaban J connectivity index is 2.03. The molecule has 0 bridgehead atoms. The van der Waals surface area contributed by atoms with Crippen LogP contribution >= 0.6 is 0 Å². The molecule has 0 spiro atoms. The standard InChI is InChI=1S/C19H13F3O3S/c1-26(23,24)15-6-2-12(3-7-15)16-10-13(20)4-8-18(16)25-19-9-5-14(21)11-17(19)22/h2-11H,1H3. The fourth-order valence-corrected chi connectivity index (χ4v) is 3.01. The van der Waals surface area contributed by atoms with Gasteiger partial charge in [-0.3, -0.25) is 0 Å². The molecule has 0 unspecified atom stereocenters. The third-order valence-electron chi connectivity index (χ3n) is 3.65. The summed E-state index contributed by atoms with van der Waals surface area (Å²) < 4.78 is 69.1. The molecule has 0 amide bonds. The van der Waals surface area contributed by atoms with Gasteiger partial charge in [-0.15, -0.1) is 0 Å². The van der Waals surface area contributed by atoms with Crippen LogP contribution in [0.4, 0.5) is 13.2 Å². The van der Waals surface area contributed by atoms with Crippen molar-refractivity contribution in [3.8, 4) is 22.6 Å². The van der Waals surface area contributed by atoms with Gasteiger partial charge in [-0.25, -0.2) is 21.6 Å². The van der Waals surface area contributed by atoms with Crippen LogP contribution in [0.15, 0.2) is 65.6 Å². The summed E-state index contributed by atoms with van der Waals surface area (Å²) in [6.45, 7) is 0. The smallest absolute Gasteiger partial charge is 0.175 e. The number of hydrogen-bond acceptors (Lipinski definition) is 3. The minimum atomic E-state index is -3.37. The average molecular weight is 378 g/mol. The molecule has 7 heteroatoms. The van der Waals surface area contributed by atoms with E-state index < -0.39 is 27.3 Å². The van der Waals surface area contributed by atoms with E-state index in [4.69, 9.17) is 4.74 Å². The van der Waals surface area contributed by atoms with Crippen LogP contribution in [0.3, 0.4) is 0 Å². The molecule has 0 fully saturated rings. The molecule has 134 valence electrons. The quantitative estimate of drug-likeness (QED) is 0.644. The van der Waals surface area contributed by atoms with Gasteiger partial charge in [-0.2, -0.15) is 0 Å². The van der Waals surface area contributed by atoms with Crippen LogP contribution in [0.5, 0.6) is 11.5 Å². The maximum absolute atomic E-state index is 13.8. The fourth-order valence-electron chi connectivity index (χ4n) is 2.37. The normalized spacial score (nSPS) is 11.4. The van der Waals surface area contributed by atoms with Gasteiger partial charge in [0.1, 0.15) is 17.4 Å². The van der Waals surface area contributed by atoms with E-state index in [0.29, 0.717) is 17.2 Å². The topological polar surface area (TPSA) is 43.4 Å². The molecule has 3 rings (SSSR count). The van der Waals surface area contributed by atoms with Crippen molar-refractivity contribution in [2.45, 2.75) is 4.90 Å². The van der Waals surface area contributed by atoms with Gasteiger partial charge in [0.15, 0.2) is 21.4 Å². The van der Waals surface area contributed by atoms with Crippen LogP contribution in [0.2, 0.25) is 0 Å². The summed E-state index contributed by atoms with van der Waals surface area (Å²) in [7, 11) is -3.37. The van der Waals surface area contributed by atoms with Gasteiger partial charge in [0.2, 0.25) is 0 Å². The minimum Gasteiger partial charge on any atom is -0.454 e. The molecule has 3 aromatic rings. The molecule has 0 heterocycles. The fraction of sp³-hybridized carbons (Fsp3) is 0.0526. The maximum Gasteiger partial charge on any atom is 0.175 e. The zero-order valence-corrected chi connectivity index (χ0v) is 14.4. The average Bonchev–Trinajstić information content (AvgIpc) is 2.58. The number of halogens is 3. The Morgan fingerprint density at radius 1 is 0.769 bits per heavy atom. The summed E-state index contributed by atoms with van der Waals surface area (Å²) in [4.78, 5) is 0.115. The Morgan fingerprint density at radius 3 is 1.92 bits per heavy atom. The SMILES string of the molecule is CS(=O)(=O)c1ccc(-c2cc(F)ccc2Oc2ccc(F)cc2F)cc1. The summed E-state index contributed by atoms with van der Waals surface area (Å²) in [5.74, 6) is -2.26. The van der Waals surface area contributed by atoms with Gasteiger partial charge in [0.05, 0.1) is 4.90 Å². The number of sulfone groups is 1. The Bertz CT molecular complexity index is 1060. The van der Waals surface area contributed by atoms with E-state index in [1.807, 2.05) is 0 Å². The van der Waals surface area contributed by atoms with E-state index in [1.165, 1.54) is 36.4 Å². The van der Waals surface area contributed by atoms with Crippen molar-refractivity contribution in [3.63, 3.8) is 0 Å². The number of hydrogen-bond donors (Lipinski definition) is 0. The molecule has 0 N–H and O–H groups in total. The van der Waals surface area contributed by atoms with Gasteiger partial charge in [-0.1, -0.05) is 12.1 Å². The van der Waals surface area contributed by atoms with Gasteiger partial charge in [0, 0.05) is 17.9 Å². The van der Waals surface area contributed by atoms with E-state index in [2.05, 4.69) is 0 Å². The van der Waals surface area contributed by atoms with Crippen molar-refractivity contribution >= 4 is 9.84 Å². The van der Waals surface area contributed by atoms with Crippen LogP contribution in [0.25, 0.3) is 11.1 Å². The first-order chi connectivity index (χ1) is 12.2. The van der Waals surface area contributed by atoms with Gasteiger partial charge in [0.25, 0.3) is 0 Å². The molecule has 0 aliphatic heterocycles. The first-order valence-corrected chi connectivity index (χ1v) is 9.36. The van der Waals surface area contributed by atoms with Crippen molar-refractivity contribution in [1.29, 1.82) is 0 Å². The van der Waals surface area contributed by atoms with E-state index in [-0.39, 0.29) is 16.4 Å². The lowest BCUT2D eigenvalue weighted by Crippen LogP contribution is -1.97. The monoisotopic (exact) mass is 378 g/mol. The third kappa shape index (κ3) is 3.88. The maximum atomic E-state index is 13.8. The predicted octanol–water partition coefficient (Wildman–Crippen LogP) is 4.97. The highest BCUT2D eigenvalue weighted by molar-refractivity contribution is 7.90. The van der Waals surface area contributed by atoms with Crippen molar-refractivity contribution in [1.82, 2.24) is 0 Å². The van der Waals surface area contributed by atoms with Crippen LogP contribution in [0.1, 0.15) is 0 Å². The van der Waals surface area contributed by atoms with Crippen LogP contribution in [-0.2, 0) is 9.84 Å². The highest BCUT2D eigenvalue weighted by Crippen LogP contribution is 2.35. The van der Waals surface area contributed by atoms with E-state index >= 15 is 0 Å². The first-order valence-electron chi connectivity index (χ1n) is 7.47. The highest BCUT2D eigenvalue weighted by atomic mass is 32.2. The Morgan fingerprint density at radius 2 is 1.35 bits per heavy atom. The second kappa shape index (κ2) is 6.84. The lowest BCUT2D eigenvalue weighted by molar-refractivity contribution is 0.438. The van der Waals surface area contributed by atoms with Crippen molar-refractivity contribution in [2.75, 3.05) is 6.26 Å². The number of rotatable bonds is 4. The summed E-state index contributed by atoms with van der Waals surface area (Å²) in [6, 6.07) is 12.3. The molecule has 3 nitrogen and oxygen atoms in total. The minimum absolute atomic E-state index is 0.115. The number of ether oxygens (including phenoxy) is 1. The summed E-state index contributed by atoms with van der Waals surface area (Å²) in [5, 5.41) is 0. The summed E-state index contributed by atoms with van der Waals surface area (Å²) in [5.41, 5.74) is 0.781. The zero-order chi connectivity index (χ0) is 18.9. The van der Waals surface area contributed by atoms with Gasteiger partial charge >= 0.3 is 0 Å². The molecular formula is C19H13F3O3S. The Hall–Kier alpha value is -2.80. The molecule has 0 saturated carbocycles. The van der Waals surface area contributed by atoms with Gasteiger partial charge in [-0.05, 0) is 48.0 Å². The van der Waals surface area contributed by atoms with E-state index in [9.17, 15) is 21.6 Å². The second-order valence-electron chi connectivity index (χ2n) is 5.61. The molecule has 3 aromatic carbocycles.